The summed E-state index contributed by atoms with van der Waals surface area (Å²) >= 11 is 0. The number of hydrogen-bond donors (Lipinski definition) is 1. The molecule has 0 radical (unpaired) electrons. The summed E-state index contributed by atoms with van der Waals surface area (Å²) in [5.41, 5.74) is 3.89. The summed E-state index contributed by atoms with van der Waals surface area (Å²) in [5.74, 6) is 0.104. The molecule has 5 rings (SSSR count). The Kier molecular flexibility index (Phi) is 5.07. The van der Waals surface area contributed by atoms with E-state index < -0.39 is 29.5 Å². The molecule has 1 aliphatic heterocycles. The van der Waals surface area contributed by atoms with Gasteiger partial charge in [-0.1, -0.05) is 52.0 Å². The number of aliphatic hydroxyl groups is 1. The first-order valence-electron chi connectivity index (χ1n) is 11.7. The molecular formula is C27H30F3NO2. The molecule has 0 amide bonds. The quantitative estimate of drug-likeness (QED) is 0.499. The summed E-state index contributed by atoms with van der Waals surface area (Å²) in [5, 5.41) is 11.3. The summed E-state index contributed by atoms with van der Waals surface area (Å²) in [4.78, 5) is 5.07. The highest BCUT2D eigenvalue weighted by molar-refractivity contribution is 5.56. The van der Waals surface area contributed by atoms with Crippen molar-refractivity contribution in [2.75, 3.05) is 0 Å². The van der Waals surface area contributed by atoms with Crippen LogP contribution in [0.3, 0.4) is 0 Å². The fraction of sp³-hybridized carbons (Fsp3) is 0.519. The lowest BCUT2D eigenvalue weighted by Gasteiger charge is -2.37. The average molecular weight is 458 g/mol. The number of rotatable bonds is 2. The minimum Gasteiger partial charge on any atom is -0.388 e. The predicted molar refractivity (Wildman–Crippen MR) is 120 cm³/mol. The van der Waals surface area contributed by atoms with Crippen LogP contribution in [0.4, 0.5) is 13.2 Å². The lowest BCUT2D eigenvalue weighted by atomic mass is 9.70. The molecule has 3 nitrogen and oxygen atoms in total. The lowest BCUT2D eigenvalue weighted by molar-refractivity contribution is -0.137. The molecule has 0 saturated carbocycles. The maximum atomic E-state index is 13.2. The number of fused-ring (bicyclic) bond motifs is 4. The van der Waals surface area contributed by atoms with Gasteiger partial charge in [-0.3, -0.25) is 4.98 Å². The van der Waals surface area contributed by atoms with Gasteiger partial charge in [0.2, 0.25) is 0 Å². The normalized spacial score (nSPS) is 27.9. The SMILES string of the molecule is CC(C)c1nc2c(c3c1[C@H](c1ccc(C(F)(F)F)cc1)O[C@]31C=CCC1)C(O)CC(C)(C)C2. The third-order valence-corrected chi connectivity index (χ3v) is 7.28. The standard InChI is InChI=1S/C27H30F3NO2/c1-15(2)23-21-22(20-18(31-23)13-25(3,4)14-19(20)32)26(11-5-6-12-26)33-24(21)16-7-9-17(10-8-16)27(28,29)30/h5,7-11,15,19,24,32H,6,12-14H2,1-4H3/t19?,24-,26-/m0/s1. The molecule has 1 aromatic carbocycles. The van der Waals surface area contributed by atoms with Gasteiger partial charge in [-0.05, 0) is 54.7 Å². The molecule has 1 aromatic heterocycles. The van der Waals surface area contributed by atoms with Gasteiger partial charge in [-0.15, -0.1) is 0 Å². The third-order valence-electron chi connectivity index (χ3n) is 7.28. The second-order valence-electron chi connectivity index (χ2n) is 10.8. The molecule has 0 bridgehead atoms. The fourth-order valence-electron chi connectivity index (χ4n) is 5.86. The molecule has 0 saturated heterocycles. The summed E-state index contributed by atoms with van der Waals surface area (Å²) in [6.07, 6.45) is 1.64. The predicted octanol–water partition coefficient (Wildman–Crippen LogP) is 6.89. The monoisotopic (exact) mass is 457 g/mol. The molecule has 6 heteroatoms. The third kappa shape index (κ3) is 3.62. The topological polar surface area (TPSA) is 42.4 Å². The van der Waals surface area contributed by atoms with Crippen molar-refractivity contribution in [3.05, 3.63) is 75.6 Å². The molecule has 2 aromatic rings. The number of allylic oxidation sites excluding steroid dienone is 1. The van der Waals surface area contributed by atoms with Crippen LogP contribution in [0, 0.1) is 5.41 Å². The smallest absolute Gasteiger partial charge is 0.388 e. The van der Waals surface area contributed by atoms with Crippen LogP contribution in [0.15, 0.2) is 36.4 Å². The minimum atomic E-state index is -4.39. The van der Waals surface area contributed by atoms with Crippen molar-refractivity contribution < 1.29 is 23.0 Å². The van der Waals surface area contributed by atoms with Gasteiger partial charge in [0.1, 0.15) is 11.7 Å². The van der Waals surface area contributed by atoms with Gasteiger partial charge in [0.05, 0.1) is 11.7 Å². The molecular weight excluding hydrogens is 427 g/mol. The lowest BCUT2D eigenvalue weighted by Crippen LogP contribution is -2.31. The van der Waals surface area contributed by atoms with Gasteiger partial charge in [0.15, 0.2) is 0 Å². The average Bonchev–Trinajstić information content (AvgIpc) is 3.31. The van der Waals surface area contributed by atoms with Crippen LogP contribution in [0.2, 0.25) is 0 Å². The Labute approximate surface area is 192 Å². The maximum absolute atomic E-state index is 13.2. The van der Waals surface area contributed by atoms with Crippen molar-refractivity contribution >= 4 is 0 Å². The Morgan fingerprint density at radius 2 is 1.82 bits per heavy atom. The van der Waals surface area contributed by atoms with Crippen LogP contribution >= 0.6 is 0 Å². The van der Waals surface area contributed by atoms with Crippen molar-refractivity contribution in [2.45, 2.75) is 83.3 Å². The molecule has 33 heavy (non-hydrogen) atoms. The molecule has 1 unspecified atom stereocenters. The first-order chi connectivity index (χ1) is 15.4. The number of hydrogen-bond acceptors (Lipinski definition) is 3. The van der Waals surface area contributed by atoms with E-state index in [1.54, 1.807) is 0 Å². The van der Waals surface area contributed by atoms with E-state index in [9.17, 15) is 18.3 Å². The van der Waals surface area contributed by atoms with Gasteiger partial charge in [-0.2, -0.15) is 13.2 Å². The van der Waals surface area contributed by atoms with Gasteiger partial charge in [-0.25, -0.2) is 0 Å². The Morgan fingerprint density at radius 1 is 1.12 bits per heavy atom. The molecule has 2 heterocycles. The van der Waals surface area contributed by atoms with Crippen molar-refractivity contribution in [2.24, 2.45) is 5.41 Å². The summed E-state index contributed by atoms with van der Waals surface area (Å²) in [6.45, 7) is 8.46. The van der Waals surface area contributed by atoms with E-state index >= 15 is 0 Å². The Balaban J connectivity index is 1.74. The molecule has 1 spiro atoms. The van der Waals surface area contributed by atoms with E-state index in [0.717, 1.165) is 59.5 Å². The number of halogens is 3. The zero-order chi connectivity index (χ0) is 23.8. The molecule has 3 aliphatic rings. The van der Waals surface area contributed by atoms with E-state index in [-0.39, 0.29) is 11.3 Å². The van der Waals surface area contributed by atoms with Gasteiger partial charge < -0.3 is 9.84 Å². The minimum absolute atomic E-state index is 0.0626. The van der Waals surface area contributed by atoms with Crippen LogP contribution in [0.25, 0.3) is 0 Å². The van der Waals surface area contributed by atoms with Gasteiger partial charge in [0.25, 0.3) is 0 Å². The highest BCUT2D eigenvalue weighted by atomic mass is 19.4. The summed E-state index contributed by atoms with van der Waals surface area (Å²) in [7, 11) is 0. The van der Waals surface area contributed by atoms with Crippen molar-refractivity contribution in [3.63, 3.8) is 0 Å². The van der Waals surface area contributed by atoms with Crippen LogP contribution in [0.5, 0.6) is 0 Å². The summed E-state index contributed by atoms with van der Waals surface area (Å²) < 4.78 is 46.2. The first kappa shape index (κ1) is 22.6. The largest absolute Gasteiger partial charge is 0.416 e. The number of aromatic nitrogens is 1. The highest BCUT2D eigenvalue weighted by Crippen LogP contribution is 2.57. The first-order valence-corrected chi connectivity index (χ1v) is 11.7. The second kappa shape index (κ2) is 7.41. The van der Waals surface area contributed by atoms with Crippen LogP contribution in [-0.4, -0.2) is 10.1 Å². The fourth-order valence-corrected chi connectivity index (χ4v) is 5.86. The van der Waals surface area contributed by atoms with E-state index in [1.165, 1.54) is 12.1 Å². The number of ether oxygens (including phenoxy) is 1. The van der Waals surface area contributed by atoms with E-state index in [4.69, 9.17) is 9.72 Å². The highest BCUT2D eigenvalue weighted by Gasteiger charge is 2.51. The van der Waals surface area contributed by atoms with Crippen molar-refractivity contribution in [3.8, 4) is 0 Å². The van der Waals surface area contributed by atoms with Crippen molar-refractivity contribution in [1.82, 2.24) is 4.98 Å². The number of aliphatic hydroxyl groups excluding tert-OH is 1. The second-order valence-corrected chi connectivity index (χ2v) is 10.8. The van der Waals surface area contributed by atoms with Crippen LogP contribution in [-0.2, 0) is 22.9 Å². The van der Waals surface area contributed by atoms with Gasteiger partial charge in [0, 0.05) is 28.1 Å². The number of alkyl halides is 3. The summed E-state index contributed by atoms with van der Waals surface area (Å²) in [6, 6.07) is 5.26. The Morgan fingerprint density at radius 3 is 2.39 bits per heavy atom. The Bertz CT molecular complexity index is 1120. The zero-order valence-electron chi connectivity index (χ0n) is 19.5. The van der Waals surface area contributed by atoms with E-state index in [1.807, 2.05) is 0 Å². The molecule has 2 aliphatic carbocycles. The molecule has 3 atom stereocenters. The number of pyridine rings is 1. The van der Waals surface area contributed by atoms with Crippen LogP contribution in [0.1, 0.15) is 104 Å². The van der Waals surface area contributed by atoms with Gasteiger partial charge >= 0.3 is 6.18 Å². The number of benzene rings is 1. The Hall–Kier alpha value is -2.18. The maximum Gasteiger partial charge on any atom is 0.416 e. The molecule has 1 N–H and O–H groups in total. The molecule has 176 valence electrons. The number of nitrogens with zero attached hydrogens (tertiary/aromatic N) is 1. The van der Waals surface area contributed by atoms with E-state index in [2.05, 4.69) is 39.8 Å². The van der Waals surface area contributed by atoms with E-state index in [0.29, 0.717) is 12.0 Å². The zero-order valence-corrected chi connectivity index (χ0v) is 19.5. The van der Waals surface area contributed by atoms with Crippen LogP contribution < -0.4 is 0 Å². The molecule has 0 fully saturated rings. The van der Waals surface area contributed by atoms with Crippen molar-refractivity contribution in [1.29, 1.82) is 0 Å².